The molecule has 0 aromatic carbocycles. The molecule has 0 saturated heterocycles. The fourth-order valence-electron chi connectivity index (χ4n) is 2.48. The van der Waals surface area contributed by atoms with Crippen molar-refractivity contribution in [3.8, 4) is 0 Å². The Balaban J connectivity index is 1.94. The largest absolute Gasteiger partial charge is 0.329 e. The van der Waals surface area contributed by atoms with Gasteiger partial charge >= 0.3 is 0 Å². The molecule has 0 aromatic rings. The van der Waals surface area contributed by atoms with Crippen LogP contribution in [0, 0.1) is 0 Å². The van der Waals surface area contributed by atoms with E-state index in [0.29, 0.717) is 6.17 Å². The van der Waals surface area contributed by atoms with E-state index in [9.17, 15) is 0 Å². The summed E-state index contributed by atoms with van der Waals surface area (Å²) in [6.45, 7) is 6.45. The zero-order valence-corrected chi connectivity index (χ0v) is 11.7. The highest BCUT2D eigenvalue weighted by Crippen LogP contribution is 2.15. The van der Waals surface area contributed by atoms with Crippen molar-refractivity contribution in [3.05, 3.63) is 12.7 Å². The summed E-state index contributed by atoms with van der Waals surface area (Å²) < 4.78 is 0. The number of aliphatic imine (C=N–C) groups is 1. The normalized spacial score (nSPS) is 19.5. The van der Waals surface area contributed by atoms with E-state index in [2.05, 4.69) is 16.5 Å². The van der Waals surface area contributed by atoms with Gasteiger partial charge in [-0.1, -0.05) is 31.8 Å². The molecule has 18 heavy (non-hydrogen) atoms. The zero-order chi connectivity index (χ0) is 13.1. The molecule has 1 atom stereocenters. The van der Waals surface area contributed by atoms with E-state index in [1.165, 1.54) is 51.4 Å². The first kappa shape index (κ1) is 15.4. The molecule has 1 heterocycles. The van der Waals surface area contributed by atoms with Gasteiger partial charge in [0.15, 0.2) is 0 Å². The van der Waals surface area contributed by atoms with Crippen molar-refractivity contribution in [2.45, 2.75) is 57.5 Å². The third-order valence-corrected chi connectivity index (χ3v) is 3.55. The maximum atomic E-state index is 5.60. The van der Waals surface area contributed by atoms with Crippen LogP contribution in [-0.2, 0) is 0 Å². The molecule has 0 aromatic heterocycles. The molecule has 0 bridgehead atoms. The van der Waals surface area contributed by atoms with Crippen molar-refractivity contribution in [1.29, 1.82) is 0 Å². The van der Waals surface area contributed by atoms with E-state index >= 15 is 0 Å². The number of hydrogen-bond donors (Lipinski definition) is 1. The van der Waals surface area contributed by atoms with Gasteiger partial charge in [-0.15, -0.1) is 6.58 Å². The van der Waals surface area contributed by atoms with Gasteiger partial charge in [-0.3, -0.25) is 9.89 Å². The minimum Gasteiger partial charge on any atom is -0.329 e. The SMILES string of the molecule is C=CCCCCCCCCC1N=CCN1CCN. The first-order valence-corrected chi connectivity index (χ1v) is 7.45. The Bertz CT molecular complexity index is 238. The number of rotatable bonds is 11. The van der Waals surface area contributed by atoms with Crippen LogP contribution in [0.2, 0.25) is 0 Å². The summed E-state index contributed by atoms with van der Waals surface area (Å²) >= 11 is 0. The molecule has 0 radical (unpaired) electrons. The van der Waals surface area contributed by atoms with Gasteiger partial charge in [-0.05, 0) is 25.7 Å². The highest BCUT2D eigenvalue weighted by molar-refractivity contribution is 5.62. The van der Waals surface area contributed by atoms with Gasteiger partial charge < -0.3 is 5.73 Å². The smallest absolute Gasteiger partial charge is 0.102 e. The molecule has 1 aliphatic heterocycles. The predicted molar refractivity (Wildman–Crippen MR) is 80.0 cm³/mol. The van der Waals surface area contributed by atoms with Gasteiger partial charge in [0.1, 0.15) is 6.17 Å². The fourth-order valence-corrected chi connectivity index (χ4v) is 2.48. The molecule has 1 rings (SSSR count). The summed E-state index contributed by atoms with van der Waals surface area (Å²) in [5, 5.41) is 0. The summed E-state index contributed by atoms with van der Waals surface area (Å²) in [6, 6.07) is 0. The predicted octanol–water partition coefficient (Wildman–Crippen LogP) is 2.96. The van der Waals surface area contributed by atoms with Crippen LogP contribution < -0.4 is 5.73 Å². The standard InChI is InChI=1S/C15H29N3/c1-2-3-4-5-6-7-8-9-10-15-17-12-14-18(15)13-11-16/h2,12,15H,1,3-11,13-14,16H2. The third-order valence-electron chi connectivity index (χ3n) is 3.55. The first-order chi connectivity index (χ1) is 8.88. The molecule has 0 saturated carbocycles. The molecule has 0 fully saturated rings. The van der Waals surface area contributed by atoms with Gasteiger partial charge in [0, 0.05) is 25.8 Å². The molecular formula is C15H29N3. The van der Waals surface area contributed by atoms with E-state index in [-0.39, 0.29) is 0 Å². The number of hydrogen-bond acceptors (Lipinski definition) is 3. The van der Waals surface area contributed by atoms with Crippen molar-refractivity contribution >= 4 is 6.21 Å². The van der Waals surface area contributed by atoms with Crippen molar-refractivity contribution in [2.75, 3.05) is 19.6 Å². The molecule has 1 aliphatic rings. The number of allylic oxidation sites excluding steroid dienone is 1. The van der Waals surface area contributed by atoms with Crippen LogP contribution in [0.4, 0.5) is 0 Å². The van der Waals surface area contributed by atoms with Gasteiger partial charge in [0.25, 0.3) is 0 Å². The van der Waals surface area contributed by atoms with Crippen LogP contribution in [0.1, 0.15) is 51.4 Å². The van der Waals surface area contributed by atoms with Crippen LogP contribution >= 0.6 is 0 Å². The lowest BCUT2D eigenvalue weighted by molar-refractivity contribution is 0.241. The molecule has 104 valence electrons. The lowest BCUT2D eigenvalue weighted by Crippen LogP contribution is -2.34. The maximum Gasteiger partial charge on any atom is 0.102 e. The first-order valence-electron chi connectivity index (χ1n) is 7.45. The van der Waals surface area contributed by atoms with Crippen LogP contribution in [0.3, 0.4) is 0 Å². The minimum absolute atomic E-state index is 0.411. The average molecular weight is 251 g/mol. The molecule has 3 heteroatoms. The van der Waals surface area contributed by atoms with Gasteiger partial charge in [-0.25, -0.2) is 0 Å². The van der Waals surface area contributed by atoms with E-state index in [4.69, 9.17) is 5.73 Å². The quantitative estimate of drug-likeness (QED) is 0.453. The van der Waals surface area contributed by atoms with Crippen LogP contribution in [0.15, 0.2) is 17.6 Å². The Morgan fingerprint density at radius 1 is 1.22 bits per heavy atom. The highest BCUT2D eigenvalue weighted by Gasteiger charge is 2.18. The second-order valence-electron chi connectivity index (χ2n) is 5.08. The monoisotopic (exact) mass is 251 g/mol. The second kappa shape index (κ2) is 10.3. The van der Waals surface area contributed by atoms with Gasteiger partial charge in [0.2, 0.25) is 0 Å². The van der Waals surface area contributed by atoms with E-state index in [1.807, 2.05) is 12.3 Å². The van der Waals surface area contributed by atoms with Crippen molar-refractivity contribution in [1.82, 2.24) is 4.90 Å². The van der Waals surface area contributed by atoms with Gasteiger partial charge in [0.05, 0.1) is 0 Å². The van der Waals surface area contributed by atoms with Crippen LogP contribution in [0.25, 0.3) is 0 Å². The lowest BCUT2D eigenvalue weighted by Gasteiger charge is -2.21. The molecule has 3 nitrogen and oxygen atoms in total. The Morgan fingerprint density at radius 3 is 2.67 bits per heavy atom. The summed E-state index contributed by atoms with van der Waals surface area (Å²) in [4.78, 5) is 6.91. The molecule has 0 spiro atoms. The van der Waals surface area contributed by atoms with Gasteiger partial charge in [-0.2, -0.15) is 0 Å². The summed E-state index contributed by atoms with van der Waals surface area (Å²) in [7, 11) is 0. The Kier molecular flexibility index (Phi) is 8.78. The number of nitrogens with zero attached hydrogens (tertiary/aromatic N) is 2. The Labute approximate surface area is 112 Å². The molecule has 0 amide bonds. The molecule has 1 unspecified atom stereocenters. The summed E-state index contributed by atoms with van der Waals surface area (Å²) in [5.74, 6) is 0. The highest BCUT2D eigenvalue weighted by atomic mass is 15.3. The topological polar surface area (TPSA) is 41.6 Å². The lowest BCUT2D eigenvalue weighted by atomic mass is 10.1. The average Bonchev–Trinajstić information content (AvgIpc) is 2.81. The van der Waals surface area contributed by atoms with Crippen molar-refractivity contribution in [3.63, 3.8) is 0 Å². The maximum absolute atomic E-state index is 5.60. The summed E-state index contributed by atoms with van der Waals surface area (Å²) in [6.07, 6.45) is 14.9. The Hall–Kier alpha value is -0.670. The van der Waals surface area contributed by atoms with Crippen LogP contribution in [-0.4, -0.2) is 36.9 Å². The second-order valence-corrected chi connectivity index (χ2v) is 5.08. The third kappa shape index (κ3) is 6.31. The minimum atomic E-state index is 0.411. The number of nitrogens with two attached hydrogens (primary N) is 1. The van der Waals surface area contributed by atoms with Crippen molar-refractivity contribution < 1.29 is 0 Å². The van der Waals surface area contributed by atoms with E-state index in [0.717, 1.165) is 19.6 Å². The van der Waals surface area contributed by atoms with E-state index < -0.39 is 0 Å². The molecule has 2 N–H and O–H groups in total. The fraction of sp³-hybridized carbons (Fsp3) is 0.800. The van der Waals surface area contributed by atoms with Crippen LogP contribution in [0.5, 0.6) is 0 Å². The van der Waals surface area contributed by atoms with Crippen molar-refractivity contribution in [2.24, 2.45) is 10.7 Å². The molecular weight excluding hydrogens is 222 g/mol. The zero-order valence-electron chi connectivity index (χ0n) is 11.7. The molecule has 0 aliphatic carbocycles. The number of unbranched alkanes of at least 4 members (excludes halogenated alkanes) is 6. The summed E-state index contributed by atoms with van der Waals surface area (Å²) in [5.41, 5.74) is 5.60. The van der Waals surface area contributed by atoms with E-state index in [1.54, 1.807) is 0 Å². The Morgan fingerprint density at radius 2 is 1.94 bits per heavy atom.